The summed E-state index contributed by atoms with van der Waals surface area (Å²) in [6.45, 7) is 0. The van der Waals surface area contributed by atoms with E-state index in [2.05, 4.69) is 5.10 Å². The predicted molar refractivity (Wildman–Crippen MR) is 83.8 cm³/mol. The first-order chi connectivity index (χ1) is 11.1. The van der Waals surface area contributed by atoms with Crippen LogP contribution in [0.25, 0.3) is 10.9 Å². The summed E-state index contributed by atoms with van der Waals surface area (Å²) in [5, 5.41) is 14.8. The fourth-order valence-electron chi connectivity index (χ4n) is 4.30. The Hall–Kier alpha value is -2.37. The van der Waals surface area contributed by atoms with Crippen LogP contribution in [0.1, 0.15) is 25.0 Å². The van der Waals surface area contributed by atoms with E-state index in [0.29, 0.717) is 6.42 Å². The van der Waals surface area contributed by atoms with Crippen LogP contribution < -0.4 is 0 Å². The van der Waals surface area contributed by atoms with Crippen molar-refractivity contribution in [1.82, 2.24) is 14.7 Å². The maximum atomic E-state index is 12.8. The van der Waals surface area contributed by atoms with Crippen molar-refractivity contribution in [1.29, 1.82) is 0 Å². The topological polar surface area (TPSA) is 75.4 Å². The molecule has 1 aromatic heterocycles. The molecule has 0 aliphatic carbocycles. The zero-order valence-corrected chi connectivity index (χ0v) is 13.0. The van der Waals surface area contributed by atoms with Crippen molar-refractivity contribution in [2.24, 2.45) is 13.0 Å². The summed E-state index contributed by atoms with van der Waals surface area (Å²) in [5.74, 6) is -1.18. The van der Waals surface area contributed by atoms with Gasteiger partial charge >= 0.3 is 5.97 Å². The molecule has 120 valence electrons. The highest BCUT2D eigenvalue weighted by atomic mass is 16.4. The second-order valence-corrected chi connectivity index (χ2v) is 6.54. The molecule has 2 aliphatic heterocycles. The Labute approximate surface area is 133 Å². The van der Waals surface area contributed by atoms with Gasteiger partial charge in [0.15, 0.2) is 0 Å². The van der Waals surface area contributed by atoms with Gasteiger partial charge in [0.05, 0.1) is 23.5 Å². The summed E-state index contributed by atoms with van der Waals surface area (Å²) in [7, 11) is 1.87. The third-order valence-electron chi connectivity index (χ3n) is 5.29. The van der Waals surface area contributed by atoms with E-state index in [1.54, 1.807) is 4.68 Å². The van der Waals surface area contributed by atoms with E-state index >= 15 is 0 Å². The van der Waals surface area contributed by atoms with E-state index < -0.39 is 11.9 Å². The van der Waals surface area contributed by atoms with Crippen molar-refractivity contribution in [2.45, 2.75) is 37.8 Å². The molecule has 0 radical (unpaired) electrons. The molecule has 6 nitrogen and oxygen atoms in total. The number of rotatable bonds is 3. The Bertz CT molecular complexity index is 797. The minimum Gasteiger partial charge on any atom is -0.481 e. The van der Waals surface area contributed by atoms with E-state index in [1.807, 2.05) is 36.2 Å². The summed E-state index contributed by atoms with van der Waals surface area (Å²) in [5.41, 5.74) is 1.77. The van der Waals surface area contributed by atoms with Gasteiger partial charge < -0.3 is 10.0 Å². The number of fused-ring (bicyclic) bond motifs is 3. The van der Waals surface area contributed by atoms with Gasteiger partial charge in [-0.2, -0.15) is 5.10 Å². The van der Waals surface area contributed by atoms with Crippen LogP contribution in [0.5, 0.6) is 0 Å². The molecule has 6 heteroatoms. The lowest BCUT2D eigenvalue weighted by Crippen LogP contribution is -2.38. The van der Waals surface area contributed by atoms with Crippen LogP contribution in [-0.4, -0.2) is 43.7 Å². The van der Waals surface area contributed by atoms with Crippen LogP contribution in [0.15, 0.2) is 24.3 Å². The van der Waals surface area contributed by atoms with Crippen LogP contribution in [0.4, 0.5) is 0 Å². The Kier molecular flexibility index (Phi) is 3.14. The Morgan fingerprint density at radius 2 is 2.09 bits per heavy atom. The average molecular weight is 313 g/mol. The number of benzene rings is 1. The van der Waals surface area contributed by atoms with Gasteiger partial charge in [-0.1, -0.05) is 18.2 Å². The van der Waals surface area contributed by atoms with E-state index in [0.717, 1.165) is 29.4 Å². The molecule has 1 amide bonds. The van der Waals surface area contributed by atoms with Gasteiger partial charge in [-0.15, -0.1) is 0 Å². The van der Waals surface area contributed by atoms with Crippen molar-refractivity contribution in [2.75, 3.05) is 0 Å². The number of carbonyl (C=O) groups is 2. The van der Waals surface area contributed by atoms with Crippen LogP contribution in [0.3, 0.4) is 0 Å². The molecule has 1 N–H and O–H groups in total. The summed E-state index contributed by atoms with van der Waals surface area (Å²) >= 11 is 0. The third-order valence-corrected chi connectivity index (χ3v) is 5.29. The van der Waals surface area contributed by atoms with Gasteiger partial charge in [0.1, 0.15) is 0 Å². The molecule has 2 aromatic rings. The molecule has 0 saturated carbocycles. The maximum Gasteiger partial charge on any atom is 0.308 e. The number of carbonyl (C=O) groups excluding carboxylic acids is 1. The van der Waals surface area contributed by atoms with E-state index in [4.69, 9.17) is 0 Å². The first kappa shape index (κ1) is 14.2. The lowest BCUT2D eigenvalue weighted by molar-refractivity contribution is -0.143. The van der Waals surface area contributed by atoms with E-state index in [-0.39, 0.29) is 24.4 Å². The van der Waals surface area contributed by atoms with Crippen LogP contribution >= 0.6 is 0 Å². The molecule has 1 aromatic carbocycles. The van der Waals surface area contributed by atoms with Crippen molar-refractivity contribution >= 4 is 22.8 Å². The molecule has 2 saturated heterocycles. The number of hydrogen-bond donors (Lipinski definition) is 1. The molecule has 4 rings (SSSR count). The summed E-state index contributed by atoms with van der Waals surface area (Å²) in [6, 6.07) is 7.80. The molecule has 23 heavy (non-hydrogen) atoms. The Morgan fingerprint density at radius 1 is 1.30 bits per heavy atom. The maximum absolute atomic E-state index is 12.8. The summed E-state index contributed by atoms with van der Waals surface area (Å²) in [6.07, 6.45) is 2.55. The number of aryl methyl sites for hydroxylation is 1. The fourth-order valence-corrected chi connectivity index (χ4v) is 4.30. The zero-order chi connectivity index (χ0) is 16.1. The van der Waals surface area contributed by atoms with Crippen molar-refractivity contribution in [3.63, 3.8) is 0 Å². The minimum atomic E-state index is -0.779. The molecular weight excluding hydrogens is 294 g/mol. The van der Waals surface area contributed by atoms with Crippen molar-refractivity contribution < 1.29 is 14.7 Å². The smallest absolute Gasteiger partial charge is 0.308 e. The van der Waals surface area contributed by atoms with Gasteiger partial charge in [0.25, 0.3) is 0 Å². The van der Waals surface area contributed by atoms with Gasteiger partial charge in [-0.25, -0.2) is 0 Å². The number of amides is 1. The highest BCUT2D eigenvalue weighted by molar-refractivity contribution is 5.88. The number of carboxylic acid groups (broad SMARTS) is 1. The minimum absolute atomic E-state index is 0.00473. The fraction of sp³-hybridized carbons (Fsp3) is 0.471. The monoisotopic (exact) mass is 313 g/mol. The van der Waals surface area contributed by atoms with E-state index in [9.17, 15) is 14.7 Å². The predicted octanol–water partition coefficient (Wildman–Crippen LogP) is 1.58. The number of aromatic nitrogens is 2. The summed E-state index contributed by atoms with van der Waals surface area (Å²) in [4.78, 5) is 25.9. The SMILES string of the molecule is Cn1nc(CC(=O)N2C3CCC2C(C(=O)O)C3)c2ccccc21. The molecule has 3 atom stereocenters. The van der Waals surface area contributed by atoms with Gasteiger partial charge in [0, 0.05) is 24.5 Å². The van der Waals surface area contributed by atoms with Crippen LogP contribution in [-0.2, 0) is 23.1 Å². The average Bonchev–Trinajstić information content (AvgIpc) is 3.20. The Balaban J connectivity index is 1.60. The van der Waals surface area contributed by atoms with Crippen LogP contribution in [0.2, 0.25) is 0 Å². The number of para-hydroxylation sites is 1. The largest absolute Gasteiger partial charge is 0.481 e. The summed E-state index contributed by atoms with van der Waals surface area (Å²) < 4.78 is 1.79. The molecule has 2 bridgehead atoms. The third kappa shape index (κ3) is 2.12. The lowest BCUT2D eigenvalue weighted by Gasteiger charge is -2.22. The molecule has 3 heterocycles. The first-order valence-corrected chi connectivity index (χ1v) is 8.01. The molecule has 3 unspecified atom stereocenters. The Morgan fingerprint density at radius 3 is 2.83 bits per heavy atom. The van der Waals surface area contributed by atoms with Gasteiger partial charge in [0.2, 0.25) is 5.91 Å². The molecule has 0 spiro atoms. The zero-order valence-electron chi connectivity index (χ0n) is 13.0. The number of nitrogens with zero attached hydrogens (tertiary/aromatic N) is 3. The lowest BCUT2D eigenvalue weighted by atomic mass is 9.89. The van der Waals surface area contributed by atoms with Gasteiger partial charge in [-0.05, 0) is 25.3 Å². The molecule has 2 fully saturated rings. The standard InChI is InChI=1S/C17H19N3O3/c1-19-14-5-3-2-4-11(14)13(18-19)9-16(21)20-10-6-7-15(20)12(8-10)17(22)23/h2-5,10,12,15H,6-9H2,1H3,(H,22,23). The number of hydrogen-bond acceptors (Lipinski definition) is 3. The highest BCUT2D eigenvalue weighted by Gasteiger charge is 2.51. The number of aliphatic carboxylic acids is 1. The first-order valence-electron chi connectivity index (χ1n) is 8.01. The van der Waals surface area contributed by atoms with Crippen molar-refractivity contribution in [3.05, 3.63) is 30.0 Å². The number of carboxylic acids is 1. The van der Waals surface area contributed by atoms with Crippen LogP contribution in [0, 0.1) is 5.92 Å². The van der Waals surface area contributed by atoms with Gasteiger partial charge in [-0.3, -0.25) is 14.3 Å². The quantitative estimate of drug-likeness (QED) is 0.933. The second kappa shape index (κ2) is 5.08. The molecule has 2 aliphatic rings. The highest BCUT2D eigenvalue weighted by Crippen LogP contribution is 2.42. The second-order valence-electron chi connectivity index (χ2n) is 6.54. The molecular formula is C17H19N3O3. The normalized spacial score (nSPS) is 26.1. The van der Waals surface area contributed by atoms with E-state index in [1.165, 1.54) is 0 Å². The van der Waals surface area contributed by atoms with Crippen molar-refractivity contribution in [3.8, 4) is 0 Å².